The first-order valence-electron chi connectivity index (χ1n) is 6.21. The maximum atomic E-state index is 13.4. The number of rotatable bonds is 2. The van der Waals surface area contributed by atoms with Crippen molar-refractivity contribution in [2.75, 3.05) is 10.6 Å². The maximum Gasteiger partial charge on any atom is 0.314 e. The fraction of sp³-hybridized carbons (Fsp3) is 0.0667. The topological polar surface area (TPSA) is 58.2 Å². The molecule has 0 heterocycles. The standard InChI is InChI=1S/C15H11BrF2N2O2/c1-8-7-9(5-6-10(8)16)19-14(21)15(22)20-13-11(17)3-2-4-12(13)18/h2-7H,1H3,(H,19,21)(H,20,22). The molecule has 0 saturated carbocycles. The van der Waals surface area contributed by atoms with Gasteiger partial charge >= 0.3 is 11.8 Å². The van der Waals surface area contributed by atoms with E-state index in [-0.39, 0.29) is 0 Å². The Balaban J connectivity index is 2.09. The lowest BCUT2D eigenvalue weighted by Gasteiger charge is -2.09. The third-order valence-corrected chi connectivity index (χ3v) is 3.71. The highest BCUT2D eigenvalue weighted by molar-refractivity contribution is 9.10. The zero-order valence-corrected chi connectivity index (χ0v) is 13.0. The van der Waals surface area contributed by atoms with Gasteiger partial charge in [0.25, 0.3) is 0 Å². The van der Waals surface area contributed by atoms with E-state index in [1.165, 1.54) is 0 Å². The molecule has 0 aliphatic rings. The van der Waals surface area contributed by atoms with Gasteiger partial charge in [-0.15, -0.1) is 0 Å². The molecule has 0 atom stereocenters. The van der Waals surface area contributed by atoms with Crippen molar-refractivity contribution < 1.29 is 18.4 Å². The number of carbonyl (C=O) groups is 2. The monoisotopic (exact) mass is 368 g/mol. The number of aryl methyl sites for hydroxylation is 1. The molecule has 0 radical (unpaired) electrons. The molecule has 7 heteroatoms. The highest BCUT2D eigenvalue weighted by Gasteiger charge is 2.18. The molecule has 2 N–H and O–H groups in total. The number of hydrogen-bond acceptors (Lipinski definition) is 2. The second-order valence-electron chi connectivity index (χ2n) is 4.47. The Morgan fingerprint density at radius 3 is 2.18 bits per heavy atom. The molecular weight excluding hydrogens is 358 g/mol. The average molecular weight is 369 g/mol. The predicted molar refractivity (Wildman–Crippen MR) is 82.5 cm³/mol. The van der Waals surface area contributed by atoms with Crippen LogP contribution in [0.25, 0.3) is 0 Å². The molecule has 114 valence electrons. The molecule has 0 fully saturated rings. The van der Waals surface area contributed by atoms with Gasteiger partial charge in [-0.2, -0.15) is 0 Å². The van der Waals surface area contributed by atoms with Gasteiger partial charge < -0.3 is 10.6 Å². The molecule has 0 bridgehead atoms. The van der Waals surface area contributed by atoms with Gasteiger partial charge in [0, 0.05) is 10.2 Å². The fourth-order valence-corrected chi connectivity index (χ4v) is 1.94. The number of para-hydroxylation sites is 1. The van der Waals surface area contributed by atoms with E-state index in [0.29, 0.717) is 5.69 Å². The Morgan fingerprint density at radius 2 is 1.59 bits per heavy atom. The number of amides is 2. The Hall–Kier alpha value is -2.28. The highest BCUT2D eigenvalue weighted by Crippen LogP contribution is 2.20. The zero-order chi connectivity index (χ0) is 16.3. The Morgan fingerprint density at radius 1 is 1.00 bits per heavy atom. The van der Waals surface area contributed by atoms with E-state index in [1.807, 2.05) is 12.2 Å². The van der Waals surface area contributed by atoms with E-state index < -0.39 is 29.1 Å². The summed E-state index contributed by atoms with van der Waals surface area (Å²) in [6.07, 6.45) is 0. The normalized spacial score (nSPS) is 10.2. The lowest BCUT2D eigenvalue weighted by Crippen LogP contribution is -2.29. The molecule has 0 unspecified atom stereocenters. The number of benzene rings is 2. The smallest absolute Gasteiger partial charge is 0.314 e. The van der Waals surface area contributed by atoms with E-state index in [9.17, 15) is 18.4 Å². The first-order chi connectivity index (χ1) is 10.4. The van der Waals surface area contributed by atoms with Crippen molar-refractivity contribution >= 4 is 39.1 Å². The number of hydrogen-bond donors (Lipinski definition) is 2. The van der Waals surface area contributed by atoms with Crippen LogP contribution in [-0.4, -0.2) is 11.8 Å². The summed E-state index contributed by atoms with van der Waals surface area (Å²) in [6.45, 7) is 1.81. The van der Waals surface area contributed by atoms with Crippen molar-refractivity contribution in [3.8, 4) is 0 Å². The summed E-state index contributed by atoms with van der Waals surface area (Å²) in [7, 11) is 0. The molecule has 4 nitrogen and oxygen atoms in total. The number of carbonyl (C=O) groups excluding carboxylic acids is 2. The Bertz CT molecular complexity index is 730. The second kappa shape index (κ2) is 6.65. The summed E-state index contributed by atoms with van der Waals surface area (Å²) < 4.78 is 27.7. The van der Waals surface area contributed by atoms with Gasteiger partial charge in [-0.3, -0.25) is 9.59 Å². The SMILES string of the molecule is Cc1cc(NC(=O)C(=O)Nc2c(F)cccc2F)ccc1Br. The molecule has 0 aliphatic heterocycles. The van der Waals surface area contributed by atoms with E-state index >= 15 is 0 Å². The van der Waals surface area contributed by atoms with E-state index in [0.717, 1.165) is 28.2 Å². The third-order valence-electron chi connectivity index (χ3n) is 2.82. The molecule has 0 aliphatic carbocycles. The van der Waals surface area contributed by atoms with Gasteiger partial charge in [-0.1, -0.05) is 22.0 Å². The molecule has 2 aromatic rings. The van der Waals surface area contributed by atoms with Crippen LogP contribution >= 0.6 is 15.9 Å². The maximum absolute atomic E-state index is 13.4. The van der Waals surface area contributed by atoms with Crippen LogP contribution in [0.3, 0.4) is 0 Å². The average Bonchev–Trinajstić information content (AvgIpc) is 2.46. The minimum atomic E-state index is -1.16. The van der Waals surface area contributed by atoms with Gasteiger partial charge in [0.1, 0.15) is 17.3 Å². The van der Waals surface area contributed by atoms with Gasteiger partial charge in [-0.25, -0.2) is 8.78 Å². The van der Waals surface area contributed by atoms with Crippen molar-refractivity contribution in [3.05, 3.63) is 58.1 Å². The molecule has 2 rings (SSSR count). The minimum Gasteiger partial charge on any atom is -0.318 e. The lowest BCUT2D eigenvalue weighted by molar-refractivity contribution is -0.133. The van der Waals surface area contributed by atoms with Crippen molar-refractivity contribution in [2.24, 2.45) is 0 Å². The summed E-state index contributed by atoms with van der Waals surface area (Å²) in [5.74, 6) is -4.10. The van der Waals surface area contributed by atoms with Crippen molar-refractivity contribution in [3.63, 3.8) is 0 Å². The molecular formula is C15H11BrF2N2O2. The molecule has 22 heavy (non-hydrogen) atoms. The summed E-state index contributed by atoms with van der Waals surface area (Å²) in [5.41, 5.74) is 0.600. The number of anilines is 2. The summed E-state index contributed by atoms with van der Waals surface area (Å²) >= 11 is 3.31. The van der Waals surface area contributed by atoms with E-state index in [1.54, 1.807) is 18.2 Å². The van der Waals surface area contributed by atoms with Crippen LogP contribution in [0.15, 0.2) is 40.9 Å². The number of nitrogens with one attached hydrogen (secondary N) is 2. The van der Waals surface area contributed by atoms with Crippen molar-refractivity contribution in [1.29, 1.82) is 0 Å². The minimum absolute atomic E-state index is 0.398. The number of halogens is 3. The van der Waals surface area contributed by atoms with E-state index in [4.69, 9.17) is 0 Å². The quantitative estimate of drug-likeness (QED) is 0.795. The summed E-state index contributed by atoms with van der Waals surface area (Å²) in [6, 6.07) is 8.07. The second-order valence-corrected chi connectivity index (χ2v) is 5.32. The zero-order valence-electron chi connectivity index (χ0n) is 11.4. The van der Waals surface area contributed by atoms with Crippen LogP contribution in [0.5, 0.6) is 0 Å². The molecule has 0 saturated heterocycles. The van der Waals surface area contributed by atoms with Crippen LogP contribution in [0.4, 0.5) is 20.2 Å². The van der Waals surface area contributed by atoms with Crippen LogP contribution in [0.2, 0.25) is 0 Å². The van der Waals surface area contributed by atoms with Crippen LogP contribution in [0, 0.1) is 18.6 Å². The summed E-state index contributed by atoms with van der Waals surface area (Å²) in [5, 5.41) is 4.27. The third kappa shape index (κ3) is 3.67. The van der Waals surface area contributed by atoms with Crippen LogP contribution in [-0.2, 0) is 9.59 Å². The highest BCUT2D eigenvalue weighted by atomic mass is 79.9. The lowest BCUT2D eigenvalue weighted by atomic mass is 10.2. The van der Waals surface area contributed by atoms with Gasteiger partial charge in [-0.05, 0) is 42.8 Å². The first-order valence-corrected chi connectivity index (χ1v) is 7.00. The largest absolute Gasteiger partial charge is 0.318 e. The molecule has 0 aromatic heterocycles. The first kappa shape index (κ1) is 16.1. The van der Waals surface area contributed by atoms with Gasteiger partial charge in [0.2, 0.25) is 0 Å². The van der Waals surface area contributed by atoms with E-state index in [2.05, 4.69) is 21.2 Å². The molecule has 0 spiro atoms. The van der Waals surface area contributed by atoms with Gasteiger partial charge in [0.15, 0.2) is 0 Å². The van der Waals surface area contributed by atoms with Crippen LogP contribution in [0.1, 0.15) is 5.56 Å². The van der Waals surface area contributed by atoms with Crippen LogP contribution < -0.4 is 10.6 Å². The van der Waals surface area contributed by atoms with Gasteiger partial charge in [0.05, 0.1) is 0 Å². The van der Waals surface area contributed by atoms with Crippen molar-refractivity contribution in [2.45, 2.75) is 6.92 Å². The van der Waals surface area contributed by atoms with Crippen molar-refractivity contribution in [1.82, 2.24) is 0 Å². The summed E-state index contributed by atoms with van der Waals surface area (Å²) in [4.78, 5) is 23.5. The molecule has 2 amide bonds. The fourth-order valence-electron chi connectivity index (χ4n) is 1.70. The Labute approximate surface area is 133 Å². The predicted octanol–water partition coefficient (Wildman–Crippen LogP) is 3.61. The Kier molecular flexibility index (Phi) is 4.87. The molecule has 2 aromatic carbocycles.